The van der Waals surface area contributed by atoms with Gasteiger partial charge in [-0.15, -0.1) is 0 Å². The number of nitrogens with one attached hydrogen (secondary N) is 2. The van der Waals surface area contributed by atoms with E-state index in [0.29, 0.717) is 11.2 Å². The summed E-state index contributed by atoms with van der Waals surface area (Å²) in [6.45, 7) is 2.12. The number of benzene rings is 1. The van der Waals surface area contributed by atoms with Crippen LogP contribution in [0, 0.1) is 0 Å². The molecule has 1 fully saturated rings. The van der Waals surface area contributed by atoms with Gasteiger partial charge in [-0.05, 0) is 37.5 Å². The number of rotatable bonds is 3. The maximum absolute atomic E-state index is 6.12. The van der Waals surface area contributed by atoms with Crippen molar-refractivity contribution in [3.63, 3.8) is 0 Å². The number of hydrogen-bond acceptors (Lipinski definition) is 2. The zero-order valence-corrected chi connectivity index (χ0v) is 12.2. The molecule has 0 bridgehead atoms. The van der Waals surface area contributed by atoms with Crippen LogP contribution in [0.25, 0.3) is 0 Å². The summed E-state index contributed by atoms with van der Waals surface area (Å²) < 4.78 is 0. The molecule has 0 heterocycles. The monoisotopic (exact) mass is 277 g/mol. The quantitative estimate of drug-likeness (QED) is 0.743. The predicted molar refractivity (Wildman–Crippen MR) is 84.0 cm³/mol. The minimum Gasteiger partial charge on any atom is -0.358 e. The standard InChI is InChI=1S/C15H23N3S/c1-11(12-7-3-2-4-8-12)17-15(19)18-14-10-6-5-9-13(14)16/h2-4,7-8,11,13-14H,5-6,9-10,16H2,1H3,(H2,17,18,19)/t11-,13+,14+/m0/s1. The van der Waals surface area contributed by atoms with E-state index in [1.165, 1.54) is 18.4 Å². The van der Waals surface area contributed by atoms with E-state index in [1.807, 2.05) is 18.2 Å². The van der Waals surface area contributed by atoms with Gasteiger partial charge in [-0.1, -0.05) is 43.2 Å². The van der Waals surface area contributed by atoms with Crippen molar-refractivity contribution in [1.29, 1.82) is 0 Å². The minimum atomic E-state index is 0.209. The van der Waals surface area contributed by atoms with Gasteiger partial charge in [-0.25, -0.2) is 0 Å². The van der Waals surface area contributed by atoms with E-state index in [2.05, 4.69) is 29.7 Å². The van der Waals surface area contributed by atoms with Gasteiger partial charge in [0.1, 0.15) is 0 Å². The first-order valence-electron chi connectivity index (χ1n) is 7.04. The van der Waals surface area contributed by atoms with Gasteiger partial charge in [0.05, 0.1) is 6.04 Å². The van der Waals surface area contributed by atoms with Gasteiger partial charge in [0.25, 0.3) is 0 Å². The molecule has 1 aromatic rings. The fourth-order valence-corrected chi connectivity index (χ4v) is 2.90. The van der Waals surface area contributed by atoms with E-state index >= 15 is 0 Å². The minimum absolute atomic E-state index is 0.209. The zero-order chi connectivity index (χ0) is 13.7. The van der Waals surface area contributed by atoms with Gasteiger partial charge in [0, 0.05) is 12.1 Å². The third kappa shape index (κ3) is 4.18. The van der Waals surface area contributed by atoms with Gasteiger partial charge < -0.3 is 16.4 Å². The average Bonchev–Trinajstić information content (AvgIpc) is 2.42. The SMILES string of the molecule is C[C@H](NC(=S)N[C@@H]1CCCC[C@H]1N)c1ccccc1. The second-order valence-electron chi connectivity index (χ2n) is 5.30. The Bertz CT molecular complexity index is 407. The van der Waals surface area contributed by atoms with E-state index in [-0.39, 0.29) is 12.1 Å². The maximum atomic E-state index is 6.12. The molecule has 4 heteroatoms. The molecule has 3 atom stereocenters. The number of nitrogens with two attached hydrogens (primary N) is 1. The lowest BCUT2D eigenvalue weighted by Gasteiger charge is -2.31. The highest BCUT2D eigenvalue weighted by molar-refractivity contribution is 7.80. The molecular formula is C15H23N3S. The molecule has 1 aromatic carbocycles. The van der Waals surface area contributed by atoms with Gasteiger partial charge in [0.15, 0.2) is 5.11 Å². The molecule has 0 amide bonds. The van der Waals surface area contributed by atoms with Crippen LogP contribution < -0.4 is 16.4 Å². The normalized spacial score (nSPS) is 24.5. The highest BCUT2D eigenvalue weighted by Gasteiger charge is 2.22. The second-order valence-corrected chi connectivity index (χ2v) is 5.71. The summed E-state index contributed by atoms with van der Waals surface area (Å²) in [6, 6.07) is 11.1. The van der Waals surface area contributed by atoms with Crippen LogP contribution in [0.5, 0.6) is 0 Å². The van der Waals surface area contributed by atoms with E-state index in [4.69, 9.17) is 18.0 Å². The Balaban J connectivity index is 1.84. The van der Waals surface area contributed by atoms with E-state index in [1.54, 1.807) is 0 Å². The third-order valence-electron chi connectivity index (χ3n) is 3.78. The van der Waals surface area contributed by atoms with Crippen LogP contribution in [0.1, 0.15) is 44.2 Å². The molecule has 0 radical (unpaired) electrons. The predicted octanol–water partition coefficient (Wildman–Crippen LogP) is 2.48. The summed E-state index contributed by atoms with van der Waals surface area (Å²) in [5.41, 5.74) is 7.36. The van der Waals surface area contributed by atoms with Crippen LogP contribution >= 0.6 is 12.2 Å². The lowest BCUT2D eigenvalue weighted by molar-refractivity contribution is 0.358. The first-order valence-corrected chi connectivity index (χ1v) is 7.45. The molecular weight excluding hydrogens is 254 g/mol. The summed E-state index contributed by atoms with van der Waals surface area (Å²) in [5.74, 6) is 0. The summed E-state index contributed by atoms with van der Waals surface area (Å²) in [7, 11) is 0. The molecule has 0 unspecified atom stereocenters. The first kappa shape index (κ1) is 14.3. The zero-order valence-electron chi connectivity index (χ0n) is 11.4. The smallest absolute Gasteiger partial charge is 0.167 e. The van der Waals surface area contributed by atoms with Crippen molar-refractivity contribution in [1.82, 2.24) is 10.6 Å². The highest BCUT2D eigenvalue weighted by atomic mass is 32.1. The van der Waals surface area contributed by atoms with Crippen LogP contribution in [-0.2, 0) is 0 Å². The molecule has 1 saturated carbocycles. The van der Waals surface area contributed by atoms with Crippen LogP contribution in [0.2, 0.25) is 0 Å². The Morgan fingerprint density at radius 2 is 1.95 bits per heavy atom. The van der Waals surface area contributed by atoms with Crippen molar-refractivity contribution in [3.8, 4) is 0 Å². The fourth-order valence-electron chi connectivity index (χ4n) is 2.57. The van der Waals surface area contributed by atoms with E-state index in [0.717, 1.165) is 12.8 Å². The first-order chi connectivity index (χ1) is 9.16. The summed E-state index contributed by atoms with van der Waals surface area (Å²) in [6.07, 6.45) is 4.68. The van der Waals surface area contributed by atoms with Crippen molar-refractivity contribution in [2.75, 3.05) is 0 Å². The molecule has 0 aromatic heterocycles. The van der Waals surface area contributed by atoms with Crippen LogP contribution in [-0.4, -0.2) is 17.2 Å². The van der Waals surface area contributed by atoms with Crippen molar-refractivity contribution >= 4 is 17.3 Å². The second kappa shape index (κ2) is 6.87. The van der Waals surface area contributed by atoms with E-state index < -0.39 is 0 Å². The van der Waals surface area contributed by atoms with E-state index in [9.17, 15) is 0 Å². The molecule has 1 aliphatic carbocycles. The molecule has 2 rings (SSSR count). The highest BCUT2D eigenvalue weighted by Crippen LogP contribution is 2.17. The van der Waals surface area contributed by atoms with Crippen LogP contribution in [0.4, 0.5) is 0 Å². The van der Waals surface area contributed by atoms with Crippen LogP contribution in [0.3, 0.4) is 0 Å². The average molecular weight is 277 g/mol. The Labute approximate surface area is 121 Å². The maximum Gasteiger partial charge on any atom is 0.167 e. The molecule has 0 saturated heterocycles. The fraction of sp³-hybridized carbons (Fsp3) is 0.533. The Morgan fingerprint density at radius 1 is 1.26 bits per heavy atom. The summed E-state index contributed by atoms with van der Waals surface area (Å²) in [4.78, 5) is 0. The lowest BCUT2D eigenvalue weighted by atomic mass is 9.91. The third-order valence-corrected chi connectivity index (χ3v) is 4.02. The van der Waals surface area contributed by atoms with Gasteiger partial charge in [-0.3, -0.25) is 0 Å². The van der Waals surface area contributed by atoms with Crippen LogP contribution in [0.15, 0.2) is 30.3 Å². The number of thiocarbonyl (C=S) groups is 1. The summed E-state index contributed by atoms with van der Waals surface area (Å²) in [5, 5.41) is 7.40. The molecule has 3 nitrogen and oxygen atoms in total. The largest absolute Gasteiger partial charge is 0.358 e. The topological polar surface area (TPSA) is 50.1 Å². The number of hydrogen-bond donors (Lipinski definition) is 3. The molecule has 19 heavy (non-hydrogen) atoms. The van der Waals surface area contributed by atoms with Crippen molar-refractivity contribution in [2.24, 2.45) is 5.73 Å². The van der Waals surface area contributed by atoms with Gasteiger partial charge in [-0.2, -0.15) is 0 Å². The van der Waals surface area contributed by atoms with Crippen molar-refractivity contribution in [2.45, 2.75) is 50.7 Å². The Morgan fingerprint density at radius 3 is 2.63 bits per heavy atom. The molecule has 0 spiro atoms. The Kier molecular flexibility index (Phi) is 5.16. The summed E-state index contributed by atoms with van der Waals surface area (Å²) >= 11 is 5.39. The molecule has 0 aliphatic heterocycles. The molecule has 1 aliphatic rings. The van der Waals surface area contributed by atoms with Gasteiger partial charge >= 0.3 is 0 Å². The van der Waals surface area contributed by atoms with Crippen molar-refractivity contribution in [3.05, 3.63) is 35.9 Å². The molecule has 104 valence electrons. The van der Waals surface area contributed by atoms with Crippen molar-refractivity contribution < 1.29 is 0 Å². The van der Waals surface area contributed by atoms with Gasteiger partial charge in [0.2, 0.25) is 0 Å². The Hall–Kier alpha value is -1.13. The molecule has 4 N–H and O–H groups in total. The lowest BCUT2D eigenvalue weighted by Crippen LogP contribution is -2.52.